The fourth-order valence-electron chi connectivity index (χ4n) is 2.77. The van der Waals surface area contributed by atoms with Gasteiger partial charge in [-0.2, -0.15) is 0 Å². The molecule has 0 saturated carbocycles. The van der Waals surface area contributed by atoms with Crippen LogP contribution in [-0.4, -0.2) is 19.9 Å². The van der Waals surface area contributed by atoms with Gasteiger partial charge in [0.2, 0.25) is 0 Å². The minimum atomic E-state index is -0.384. The van der Waals surface area contributed by atoms with Crippen LogP contribution >= 0.6 is 0 Å². The molecule has 1 aromatic carbocycles. The lowest BCUT2D eigenvalue weighted by atomic mass is 10.0. The lowest BCUT2D eigenvalue weighted by Crippen LogP contribution is -2.17. The summed E-state index contributed by atoms with van der Waals surface area (Å²) in [7, 11) is 0. The van der Waals surface area contributed by atoms with Crippen molar-refractivity contribution in [3.63, 3.8) is 0 Å². The monoisotopic (exact) mass is 327 g/mol. The summed E-state index contributed by atoms with van der Waals surface area (Å²) in [6.45, 7) is 6.14. The van der Waals surface area contributed by atoms with E-state index < -0.39 is 0 Å². The van der Waals surface area contributed by atoms with Crippen LogP contribution in [0.3, 0.4) is 0 Å². The van der Waals surface area contributed by atoms with Crippen molar-refractivity contribution < 1.29 is 4.39 Å². The molecular weight excluding hydrogens is 305 g/mol. The largest absolute Gasteiger partial charge is 0.358 e. The third-order valence-corrected chi connectivity index (χ3v) is 3.95. The molecule has 6 heteroatoms. The van der Waals surface area contributed by atoms with E-state index in [-0.39, 0.29) is 17.7 Å². The predicted molar refractivity (Wildman–Crippen MR) is 93.3 cm³/mol. The van der Waals surface area contributed by atoms with Gasteiger partial charge in [0.25, 0.3) is 0 Å². The minimum Gasteiger partial charge on any atom is -0.358 e. The maximum atomic E-state index is 14.5. The molecule has 1 atom stereocenters. The van der Waals surface area contributed by atoms with E-state index in [4.69, 9.17) is 0 Å². The van der Waals surface area contributed by atoms with Crippen LogP contribution in [0.5, 0.6) is 0 Å². The molecule has 0 spiro atoms. The van der Waals surface area contributed by atoms with Crippen LogP contribution in [0, 0.1) is 11.7 Å². The third kappa shape index (κ3) is 3.37. The van der Waals surface area contributed by atoms with Crippen LogP contribution in [0.15, 0.2) is 30.6 Å². The molecule has 0 amide bonds. The number of para-hydroxylation sites is 2. The van der Waals surface area contributed by atoms with E-state index in [1.807, 2.05) is 31.2 Å². The van der Waals surface area contributed by atoms with Gasteiger partial charge in [-0.15, -0.1) is 0 Å². The second-order valence-corrected chi connectivity index (χ2v) is 6.30. The number of hydrogen-bond donors (Lipinski definition) is 2. The Hall–Kier alpha value is -2.50. The van der Waals surface area contributed by atoms with Gasteiger partial charge >= 0.3 is 0 Å². The van der Waals surface area contributed by atoms with Crippen LogP contribution < -0.4 is 5.32 Å². The summed E-state index contributed by atoms with van der Waals surface area (Å²) in [6.07, 6.45) is 2.74. The summed E-state index contributed by atoms with van der Waals surface area (Å²) >= 11 is 0. The van der Waals surface area contributed by atoms with Gasteiger partial charge in [-0.1, -0.05) is 32.9 Å². The van der Waals surface area contributed by atoms with Crippen LogP contribution in [0.4, 0.5) is 10.2 Å². The van der Waals surface area contributed by atoms with Gasteiger partial charge in [0.1, 0.15) is 12.2 Å². The number of aryl methyl sites for hydroxylation is 1. The number of rotatable bonds is 6. The van der Waals surface area contributed by atoms with E-state index in [0.29, 0.717) is 18.0 Å². The lowest BCUT2D eigenvalue weighted by Gasteiger charge is -2.20. The van der Waals surface area contributed by atoms with Gasteiger partial charge in [0.05, 0.1) is 22.8 Å². The normalized spacial score (nSPS) is 12.7. The molecular formula is C18H22FN5. The molecule has 3 aromatic rings. The molecule has 0 saturated heterocycles. The van der Waals surface area contributed by atoms with Crippen molar-refractivity contribution in [1.29, 1.82) is 0 Å². The predicted octanol–water partition coefficient (Wildman–Crippen LogP) is 4.25. The van der Waals surface area contributed by atoms with Gasteiger partial charge in [0.15, 0.2) is 11.6 Å². The first-order chi connectivity index (χ1) is 11.6. The molecule has 24 heavy (non-hydrogen) atoms. The Morgan fingerprint density at radius 3 is 2.71 bits per heavy atom. The van der Waals surface area contributed by atoms with Gasteiger partial charge in [-0.05, 0) is 30.9 Å². The number of benzene rings is 1. The second kappa shape index (κ2) is 6.95. The summed E-state index contributed by atoms with van der Waals surface area (Å²) in [5.41, 5.74) is 2.29. The van der Waals surface area contributed by atoms with Crippen molar-refractivity contribution in [3.8, 4) is 0 Å². The molecule has 5 nitrogen and oxygen atoms in total. The smallest absolute Gasteiger partial charge is 0.186 e. The van der Waals surface area contributed by atoms with E-state index in [1.165, 1.54) is 6.33 Å². The highest BCUT2D eigenvalue weighted by atomic mass is 19.1. The Morgan fingerprint density at radius 1 is 1.21 bits per heavy atom. The van der Waals surface area contributed by atoms with E-state index in [9.17, 15) is 4.39 Å². The standard InChI is InChI=1S/C18H22FN5/c1-4-12-16(19)18(21-10-20-12)24-15(9-11(2)3)17-22-13-7-5-6-8-14(13)23-17/h5-8,10-11,15H,4,9H2,1-3H3,(H,22,23)(H,20,21,24). The number of fused-ring (bicyclic) bond motifs is 1. The summed E-state index contributed by atoms with van der Waals surface area (Å²) in [6, 6.07) is 7.72. The average molecular weight is 327 g/mol. The molecule has 0 aliphatic heterocycles. The second-order valence-electron chi connectivity index (χ2n) is 6.30. The van der Waals surface area contributed by atoms with Crippen LogP contribution in [0.1, 0.15) is 44.8 Å². The number of imidazole rings is 1. The summed E-state index contributed by atoms with van der Waals surface area (Å²) in [5.74, 6) is 1.06. The Morgan fingerprint density at radius 2 is 2.00 bits per heavy atom. The van der Waals surface area contributed by atoms with E-state index in [2.05, 4.69) is 39.1 Å². The number of anilines is 1. The number of aromatic amines is 1. The number of H-pyrrole nitrogens is 1. The van der Waals surface area contributed by atoms with Crippen LogP contribution in [0.2, 0.25) is 0 Å². The molecule has 2 N–H and O–H groups in total. The van der Waals surface area contributed by atoms with E-state index in [1.54, 1.807) is 0 Å². The molecule has 0 fully saturated rings. The average Bonchev–Trinajstić information content (AvgIpc) is 2.99. The lowest BCUT2D eigenvalue weighted by molar-refractivity contribution is 0.511. The molecule has 0 aliphatic rings. The minimum absolute atomic E-state index is 0.147. The Balaban J connectivity index is 1.95. The van der Waals surface area contributed by atoms with E-state index in [0.717, 1.165) is 23.3 Å². The fraction of sp³-hybridized carbons (Fsp3) is 0.389. The molecule has 0 radical (unpaired) electrons. The number of nitrogens with one attached hydrogen (secondary N) is 2. The summed E-state index contributed by atoms with van der Waals surface area (Å²) in [4.78, 5) is 16.0. The SMILES string of the molecule is CCc1ncnc(NC(CC(C)C)c2nc3ccccc3[nH]2)c1F. The van der Waals surface area contributed by atoms with Crippen molar-refractivity contribution >= 4 is 16.9 Å². The highest BCUT2D eigenvalue weighted by molar-refractivity contribution is 5.74. The molecule has 0 aliphatic carbocycles. The highest BCUT2D eigenvalue weighted by Gasteiger charge is 2.20. The van der Waals surface area contributed by atoms with Crippen molar-refractivity contribution in [2.75, 3.05) is 5.32 Å². The highest BCUT2D eigenvalue weighted by Crippen LogP contribution is 2.26. The van der Waals surface area contributed by atoms with Crippen molar-refractivity contribution in [2.24, 2.45) is 5.92 Å². The van der Waals surface area contributed by atoms with Crippen LogP contribution in [0.25, 0.3) is 11.0 Å². The first-order valence-electron chi connectivity index (χ1n) is 8.29. The topological polar surface area (TPSA) is 66.5 Å². The number of nitrogens with zero attached hydrogens (tertiary/aromatic N) is 3. The molecule has 1 unspecified atom stereocenters. The first kappa shape index (κ1) is 16.4. The molecule has 2 aromatic heterocycles. The number of aromatic nitrogens is 4. The van der Waals surface area contributed by atoms with Crippen molar-refractivity contribution in [1.82, 2.24) is 19.9 Å². The zero-order valence-electron chi connectivity index (χ0n) is 14.2. The zero-order valence-corrected chi connectivity index (χ0v) is 14.2. The van der Waals surface area contributed by atoms with E-state index >= 15 is 0 Å². The first-order valence-corrected chi connectivity index (χ1v) is 8.29. The van der Waals surface area contributed by atoms with Crippen LogP contribution in [-0.2, 0) is 6.42 Å². The van der Waals surface area contributed by atoms with Gasteiger partial charge < -0.3 is 10.3 Å². The number of hydrogen-bond acceptors (Lipinski definition) is 4. The Labute approximate surface area is 140 Å². The Bertz CT molecular complexity index is 794. The number of halogens is 1. The van der Waals surface area contributed by atoms with Crippen molar-refractivity contribution in [3.05, 3.63) is 47.9 Å². The molecule has 3 rings (SSSR count). The molecule has 2 heterocycles. The maximum absolute atomic E-state index is 14.5. The maximum Gasteiger partial charge on any atom is 0.186 e. The molecule has 0 bridgehead atoms. The van der Waals surface area contributed by atoms with Gasteiger partial charge in [-0.3, -0.25) is 0 Å². The fourth-order valence-corrected chi connectivity index (χ4v) is 2.77. The quantitative estimate of drug-likeness (QED) is 0.710. The molecule has 126 valence electrons. The van der Waals surface area contributed by atoms with Gasteiger partial charge in [-0.25, -0.2) is 19.3 Å². The zero-order chi connectivity index (χ0) is 17.1. The van der Waals surface area contributed by atoms with Gasteiger partial charge in [0, 0.05) is 0 Å². The van der Waals surface area contributed by atoms with Crippen molar-refractivity contribution in [2.45, 2.75) is 39.7 Å². The third-order valence-electron chi connectivity index (χ3n) is 3.95. The summed E-state index contributed by atoms with van der Waals surface area (Å²) in [5, 5.41) is 3.21. The summed E-state index contributed by atoms with van der Waals surface area (Å²) < 4.78 is 14.5. The Kier molecular flexibility index (Phi) is 4.74.